The van der Waals surface area contributed by atoms with Gasteiger partial charge in [0.15, 0.2) is 0 Å². The fourth-order valence-electron chi connectivity index (χ4n) is 2.01. The third-order valence-electron chi connectivity index (χ3n) is 2.96. The third kappa shape index (κ3) is 2.71. The summed E-state index contributed by atoms with van der Waals surface area (Å²) >= 11 is 0. The molecule has 96 valence electrons. The van der Waals surface area contributed by atoms with Crippen molar-refractivity contribution in [3.63, 3.8) is 0 Å². The van der Waals surface area contributed by atoms with Crippen molar-refractivity contribution in [3.05, 3.63) is 47.3 Å². The molecule has 4 nitrogen and oxygen atoms in total. The molecular weight excluding hydrogens is 228 g/mol. The van der Waals surface area contributed by atoms with Gasteiger partial charge < -0.3 is 9.84 Å². The molecule has 1 atom stereocenters. The minimum Gasteiger partial charge on any atom is -0.496 e. The highest BCUT2D eigenvalue weighted by molar-refractivity contribution is 5.37. The van der Waals surface area contributed by atoms with Crippen LogP contribution in [-0.2, 0) is 13.5 Å². The molecule has 1 unspecified atom stereocenters. The molecule has 0 amide bonds. The monoisotopic (exact) mass is 246 g/mol. The van der Waals surface area contributed by atoms with E-state index in [1.807, 2.05) is 38.4 Å². The van der Waals surface area contributed by atoms with Crippen LogP contribution < -0.4 is 4.74 Å². The Morgan fingerprint density at radius 1 is 1.44 bits per heavy atom. The average Bonchev–Trinajstić information content (AvgIpc) is 2.76. The first-order valence-corrected chi connectivity index (χ1v) is 5.90. The first-order chi connectivity index (χ1) is 8.60. The van der Waals surface area contributed by atoms with Crippen molar-refractivity contribution in [3.8, 4) is 5.75 Å². The molecule has 1 N–H and O–H groups in total. The van der Waals surface area contributed by atoms with E-state index < -0.39 is 6.10 Å². The standard InChI is InChI=1S/C14H18N2O2/c1-10-4-5-14(18-3)11(6-10)7-13(17)12-8-15-16(2)9-12/h4-6,8-9,13,17H,7H2,1-3H3. The van der Waals surface area contributed by atoms with Crippen LogP contribution >= 0.6 is 0 Å². The van der Waals surface area contributed by atoms with Crippen molar-refractivity contribution in [1.82, 2.24) is 9.78 Å². The maximum absolute atomic E-state index is 10.2. The first-order valence-electron chi connectivity index (χ1n) is 5.90. The summed E-state index contributed by atoms with van der Waals surface area (Å²) in [6, 6.07) is 5.97. The molecule has 0 saturated carbocycles. The summed E-state index contributed by atoms with van der Waals surface area (Å²) < 4.78 is 7.00. The van der Waals surface area contributed by atoms with Gasteiger partial charge in [0.05, 0.1) is 19.4 Å². The van der Waals surface area contributed by atoms with E-state index in [2.05, 4.69) is 5.10 Å². The SMILES string of the molecule is COc1ccc(C)cc1CC(O)c1cnn(C)c1. The number of hydrogen-bond donors (Lipinski definition) is 1. The lowest BCUT2D eigenvalue weighted by Gasteiger charge is -2.13. The molecule has 0 aliphatic rings. The number of ether oxygens (including phenoxy) is 1. The van der Waals surface area contributed by atoms with Crippen LogP contribution in [0.3, 0.4) is 0 Å². The van der Waals surface area contributed by atoms with E-state index in [0.29, 0.717) is 6.42 Å². The molecule has 0 radical (unpaired) electrons. The summed E-state index contributed by atoms with van der Waals surface area (Å²) in [5.74, 6) is 0.809. The second kappa shape index (κ2) is 5.23. The van der Waals surface area contributed by atoms with Crippen molar-refractivity contribution in [2.45, 2.75) is 19.4 Å². The highest BCUT2D eigenvalue weighted by Crippen LogP contribution is 2.25. The van der Waals surface area contributed by atoms with Crippen LogP contribution in [0, 0.1) is 6.92 Å². The molecule has 0 aliphatic carbocycles. The molecule has 0 spiro atoms. The van der Waals surface area contributed by atoms with Gasteiger partial charge in [-0.1, -0.05) is 17.7 Å². The fraction of sp³-hybridized carbons (Fsp3) is 0.357. The van der Waals surface area contributed by atoms with Crippen LogP contribution in [0.15, 0.2) is 30.6 Å². The zero-order valence-corrected chi connectivity index (χ0v) is 10.9. The second-order valence-electron chi connectivity index (χ2n) is 4.48. The minimum atomic E-state index is -0.561. The highest BCUT2D eigenvalue weighted by atomic mass is 16.5. The fourth-order valence-corrected chi connectivity index (χ4v) is 2.01. The van der Waals surface area contributed by atoms with Crippen LogP contribution in [0.2, 0.25) is 0 Å². The van der Waals surface area contributed by atoms with Gasteiger partial charge >= 0.3 is 0 Å². The van der Waals surface area contributed by atoms with Gasteiger partial charge in [0.25, 0.3) is 0 Å². The van der Waals surface area contributed by atoms with Gasteiger partial charge in [-0.2, -0.15) is 5.10 Å². The summed E-state index contributed by atoms with van der Waals surface area (Å²) in [5.41, 5.74) is 2.99. The van der Waals surface area contributed by atoms with E-state index >= 15 is 0 Å². The maximum atomic E-state index is 10.2. The lowest BCUT2D eigenvalue weighted by atomic mass is 10.0. The molecule has 0 aliphatic heterocycles. The van der Waals surface area contributed by atoms with Gasteiger partial charge in [-0.25, -0.2) is 0 Å². The Morgan fingerprint density at radius 3 is 2.83 bits per heavy atom. The molecule has 1 heterocycles. The quantitative estimate of drug-likeness (QED) is 0.897. The van der Waals surface area contributed by atoms with Crippen LogP contribution in [0.5, 0.6) is 5.75 Å². The van der Waals surface area contributed by atoms with E-state index in [0.717, 1.165) is 22.4 Å². The van der Waals surface area contributed by atoms with Crippen LogP contribution in [0.4, 0.5) is 0 Å². The Labute approximate surface area is 107 Å². The van der Waals surface area contributed by atoms with Crippen LogP contribution in [0.25, 0.3) is 0 Å². The zero-order chi connectivity index (χ0) is 13.1. The van der Waals surface area contributed by atoms with E-state index in [1.54, 1.807) is 18.0 Å². The normalized spacial score (nSPS) is 12.4. The van der Waals surface area contributed by atoms with E-state index in [4.69, 9.17) is 4.74 Å². The van der Waals surface area contributed by atoms with Crippen LogP contribution in [-0.4, -0.2) is 22.0 Å². The minimum absolute atomic E-state index is 0.524. The number of aryl methyl sites for hydroxylation is 2. The summed E-state index contributed by atoms with van der Waals surface area (Å²) in [5, 5.41) is 14.3. The highest BCUT2D eigenvalue weighted by Gasteiger charge is 2.13. The average molecular weight is 246 g/mol. The van der Waals surface area contributed by atoms with E-state index in [-0.39, 0.29) is 0 Å². The number of rotatable bonds is 4. The Balaban J connectivity index is 2.20. The molecule has 0 saturated heterocycles. The number of hydrogen-bond acceptors (Lipinski definition) is 3. The van der Waals surface area contributed by atoms with Crippen molar-refractivity contribution in [2.75, 3.05) is 7.11 Å². The Kier molecular flexibility index (Phi) is 3.67. The number of aliphatic hydroxyl groups is 1. The molecular formula is C14H18N2O2. The Hall–Kier alpha value is -1.81. The predicted octanol–water partition coefficient (Wildman–Crippen LogP) is 2.01. The molecule has 2 rings (SSSR count). The molecule has 2 aromatic rings. The Bertz CT molecular complexity index is 534. The molecule has 18 heavy (non-hydrogen) atoms. The van der Waals surface area contributed by atoms with E-state index in [1.165, 1.54) is 0 Å². The lowest BCUT2D eigenvalue weighted by molar-refractivity contribution is 0.177. The number of nitrogens with zero attached hydrogens (tertiary/aromatic N) is 2. The lowest BCUT2D eigenvalue weighted by Crippen LogP contribution is -2.03. The molecule has 0 bridgehead atoms. The number of benzene rings is 1. The van der Waals surface area contributed by atoms with Crippen molar-refractivity contribution >= 4 is 0 Å². The Morgan fingerprint density at radius 2 is 2.22 bits per heavy atom. The topological polar surface area (TPSA) is 47.3 Å². The van der Waals surface area contributed by atoms with Gasteiger partial charge in [-0.05, 0) is 18.6 Å². The zero-order valence-electron chi connectivity index (χ0n) is 10.9. The predicted molar refractivity (Wildman–Crippen MR) is 69.6 cm³/mol. The van der Waals surface area contributed by atoms with Gasteiger partial charge in [0.1, 0.15) is 5.75 Å². The summed E-state index contributed by atoms with van der Waals surface area (Å²) in [6.45, 7) is 2.03. The van der Waals surface area contributed by atoms with Gasteiger partial charge in [0.2, 0.25) is 0 Å². The second-order valence-corrected chi connectivity index (χ2v) is 4.48. The molecule has 0 fully saturated rings. The number of methoxy groups -OCH3 is 1. The van der Waals surface area contributed by atoms with Crippen LogP contribution in [0.1, 0.15) is 22.8 Å². The van der Waals surface area contributed by atoms with Crippen molar-refractivity contribution in [1.29, 1.82) is 0 Å². The summed E-state index contributed by atoms with van der Waals surface area (Å²) in [7, 11) is 3.48. The van der Waals surface area contributed by atoms with E-state index in [9.17, 15) is 5.11 Å². The van der Waals surface area contributed by atoms with Crippen molar-refractivity contribution < 1.29 is 9.84 Å². The number of aromatic nitrogens is 2. The third-order valence-corrected chi connectivity index (χ3v) is 2.96. The summed E-state index contributed by atoms with van der Waals surface area (Å²) in [4.78, 5) is 0. The molecule has 1 aromatic carbocycles. The van der Waals surface area contributed by atoms with Gasteiger partial charge in [-0.3, -0.25) is 4.68 Å². The van der Waals surface area contributed by atoms with Gasteiger partial charge in [-0.15, -0.1) is 0 Å². The smallest absolute Gasteiger partial charge is 0.122 e. The van der Waals surface area contributed by atoms with Crippen molar-refractivity contribution in [2.24, 2.45) is 7.05 Å². The van der Waals surface area contributed by atoms with Gasteiger partial charge in [0, 0.05) is 25.2 Å². The largest absolute Gasteiger partial charge is 0.496 e. The number of aliphatic hydroxyl groups excluding tert-OH is 1. The summed E-state index contributed by atoms with van der Waals surface area (Å²) in [6.07, 6.45) is 3.48. The maximum Gasteiger partial charge on any atom is 0.122 e. The first kappa shape index (κ1) is 12.6. The molecule has 4 heteroatoms. The molecule has 1 aromatic heterocycles.